The third-order valence-electron chi connectivity index (χ3n) is 2.71. The third-order valence-corrected chi connectivity index (χ3v) is 2.87. The highest BCUT2D eigenvalue weighted by atomic mass is 35.5. The molecule has 1 aromatic heterocycles. The van der Waals surface area contributed by atoms with Gasteiger partial charge in [-0.1, -0.05) is 12.1 Å². The maximum absolute atomic E-state index is 12.7. The summed E-state index contributed by atoms with van der Waals surface area (Å²) in [6.45, 7) is 0. The second kappa shape index (κ2) is 5.58. The Morgan fingerprint density at radius 3 is 2.52 bits per heavy atom. The average molecular weight is 313 g/mol. The van der Waals surface area contributed by atoms with E-state index in [4.69, 9.17) is 16.9 Å². The van der Waals surface area contributed by atoms with E-state index in [1.807, 2.05) is 6.07 Å². The van der Waals surface area contributed by atoms with Gasteiger partial charge in [0, 0.05) is 13.1 Å². The fourth-order valence-electron chi connectivity index (χ4n) is 1.71. The van der Waals surface area contributed by atoms with Gasteiger partial charge in [0.2, 0.25) is 5.28 Å². The average Bonchev–Trinajstić information content (AvgIpc) is 2.45. The minimum absolute atomic E-state index is 0.0509. The highest BCUT2D eigenvalue weighted by Gasteiger charge is 2.34. The first kappa shape index (κ1) is 15.1. The van der Waals surface area contributed by atoms with E-state index in [0.29, 0.717) is 11.3 Å². The molecule has 0 saturated heterocycles. The topological polar surface area (TPSA) is 52.8 Å². The predicted molar refractivity (Wildman–Crippen MR) is 71.3 cm³/mol. The Bertz CT molecular complexity index is 709. The summed E-state index contributed by atoms with van der Waals surface area (Å²) in [4.78, 5) is 8.28. The van der Waals surface area contributed by atoms with Crippen molar-refractivity contribution in [2.45, 2.75) is 6.18 Å². The van der Waals surface area contributed by atoms with Crippen molar-refractivity contribution in [2.75, 3.05) is 11.9 Å². The van der Waals surface area contributed by atoms with Crippen LogP contribution in [0, 0.1) is 11.3 Å². The van der Waals surface area contributed by atoms with Gasteiger partial charge in [-0.05, 0) is 23.7 Å². The Hall–Kier alpha value is -2.33. The van der Waals surface area contributed by atoms with E-state index in [9.17, 15) is 13.2 Å². The first-order chi connectivity index (χ1) is 9.82. The molecule has 2 aromatic rings. The lowest BCUT2D eigenvalue weighted by molar-refractivity contribution is -0.141. The summed E-state index contributed by atoms with van der Waals surface area (Å²) >= 11 is 5.55. The second-order valence-electron chi connectivity index (χ2n) is 4.07. The van der Waals surface area contributed by atoms with Crippen LogP contribution in [0.2, 0.25) is 5.28 Å². The molecular formula is C13H8ClF3N4. The van der Waals surface area contributed by atoms with Gasteiger partial charge < -0.3 is 4.90 Å². The van der Waals surface area contributed by atoms with Gasteiger partial charge in [0.05, 0.1) is 11.3 Å². The molecule has 0 aliphatic carbocycles. The lowest BCUT2D eigenvalue weighted by Gasteiger charge is -2.20. The normalized spacial score (nSPS) is 11.0. The second-order valence-corrected chi connectivity index (χ2v) is 4.40. The fourth-order valence-corrected chi connectivity index (χ4v) is 1.88. The quantitative estimate of drug-likeness (QED) is 0.792. The van der Waals surface area contributed by atoms with E-state index in [1.54, 1.807) is 24.3 Å². The summed E-state index contributed by atoms with van der Waals surface area (Å²) in [7, 11) is 1.50. The molecule has 0 spiro atoms. The molecule has 1 heterocycles. The van der Waals surface area contributed by atoms with Crippen molar-refractivity contribution < 1.29 is 13.2 Å². The summed E-state index contributed by atoms with van der Waals surface area (Å²) in [5, 5.41) is 8.52. The monoisotopic (exact) mass is 312 g/mol. The number of nitriles is 1. The number of halogens is 4. The number of para-hydroxylation sites is 1. The van der Waals surface area contributed by atoms with Crippen molar-refractivity contribution in [3.8, 4) is 6.07 Å². The van der Waals surface area contributed by atoms with E-state index in [2.05, 4.69) is 9.97 Å². The molecule has 0 unspecified atom stereocenters. The van der Waals surface area contributed by atoms with E-state index < -0.39 is 17.2 Å². The van der Waals surface area contributed by atoms with Crippen molar-refractivity contribution >= 4 is 23.1 Å². The highest BCUT2D eigenvalue weighted by molar-refractivity contribution is 6.28. The number of nitrogens with zero attached hydrogens (tertiary/aromatic N) is 4. The van der Waals surface area contributed by atoms with Crippen LogP contribution >= 0.6 is 11.6 Å². The maximum Gasteiger partial charge on any atom is 0.433 e. The third kappa shape index (κ3) is 3.23. The van der Waals surface area contributed by atoms with Crippen LogP contribution in [0.4, 0.5) is 24.7 Å². The summed E-state index contributed by atoms with van der Waals surface area (Å²) < 4.78 is 38.2. The van der Waals surface area contributed by atoms with Gasteiger partial charge in [0.25, 0.3) is 0 Å². The molecule has 0 fully saturated rings. The minimum atomic E-state index is -4.63. The van der Waals surface area contributed by atoms with Gasteiger partial charge in [-0.2, -0.15) is 18.4 Å². The number of alkyl halides is 3. The van der Waals surface area contributed by atoms with Crippen LogP contribution in [-0.4, -0.2) is 17.0 Å². The van der Waals surface area contributed by atoms with Gasteiger partial charge in [0.15, 0.2) is 5.69 Å². The molecule has 0 atom stereocenters. The Morgan fingerprint density at radius 2 is 1.90 bits per heavy atom. The molecule has 4 nitrogen and oxygen atoms in total. The van der Waals surface area contributed by atoms with Gasteiger partial charge >= 0.3 is 6.18 Å². The molecule has 0 N–H and O–H groups in total. The summed E-state index contributed by atoms with van der Waals surface area (Å²) in [5.41, 5.74) is -0.412. The molecule has 0 amide bonds. The van der Waals surface area contributed by atoms with Gasteiger partial charge in [-0.3, -0.25) is 0 Å². The molecule has 0 radical (unpaired) electrons. The van der Waals surface area contributed by atoms with E-state index >= 15 is 0 Å². The molecule has 108 valence electrons. The number of aromatic nitrogens is 2. The predicted octanol–water partition coefficient (Wildman–Crippen LogP) is 3.79. The SMILES string of the molecule is CN(c1cc(C(F)(F)F)nc(Cl)n1)c1ccccc1C#N. The smallest absolute Gasteiger partial charge is 0.328 e. The number of hydrogen-bond acceptors (Lipinski definition) is 4. The van der Waals surface area contributed by atoms with Crippen LogP contribution < -0.4 is 4.90 Å². The molecule has 0 saturated carbocycles. The lowest BCUT2D eigenvalue weighted by atomic mass is 10.2. The Labute approximate surface area is 123 Å². The Balaban J connectivity index is 2.52. The number of hydrogen-bond donors (Lipinski definition) is 0. The Morgan fingerprint density at radius 1 is 1.24 bits per heavy atom. The standard InChI is InChI=1S/C13H8ClF3N4/c1-21(9-5-3-2-4-8(9)7-18)11-6-10(13(15,16)17)19-12(14)20-11/h2-6H,1H3. The highest BCUT2D eigenvalue weighted by Crippen LogP contribution is 2.32. The fraction of sp³-hybridized carbons (Fsp3) is 0.154. The van der Waals surface area contributed by atoms with Gasteiger partial charge in [-0.25, -0.2) is 9.97 Å². The van der Waals surface area contributed by atoms with Crippen LogP contribution in [-0.2, 0) is 6.18 Å². The molecule has 0 bridgehead atoms. The van der Waals surface area contributed by atoms with Gasteiger partial charge in [0.1, 0.15) is 11.9 Å². The Kier molecular flexibility index (Phi) is 4.00. The van der Waals surface area contributed by atoms with E-state index in [0.717, 1.165) is 6.07 Å². The minimum Gasteiger partial charge on any atom is -0.328 e. The van der Waals surface area contributed by atoms with Crippen LogP contribution in [0.5, 0.6) is 0 Å². The summed E-state index contributed by atoms with van der Waals surface area (Å²) in [6.07, 6.45) is -4.63. The van der Waals surface area contributed by atoms with Crippen LogP contribution in [0.15, 0.2) is 30.3 Å². The molecule has 2 rings (SSSR count). The van der Waals surface area contributed by atoms with Crippen molar-refractivity contribution in [3.05, 3.63) is 46.9 Å². The van der Waals surface area contributed by atoms with Crippen LogP contribution in [0.3, 0.4) is 0 Å². The van der Waals surface area contributed by atoms with Crippen LogP contribution in [0.1, 0.15) is 11.3 Å². The molecule has 0 aliphatic heterocycles. The molecular weight excluding hydrogens is 305 g/mol. The van der Waals surface area contributed by atoms with Crippen molar-refractivity contribution in [1.29, 1.82) is 5.26 Å². The molecule has 0 aliphatic rings. The summed E-state index contributed by atoms with van der Waals surface area (Å²) in [6, 6.07) is 9.22. The zero-order valence-corrected chi connectivity index (χ0v) is 11.4. The maximum atomic E-state index is 12.7. The van der Waals surface area contributed by atoms with Crippen molar-refractivity contribution in [3.63, 3.8) is 0 Å². The van der Waals surface area contributed by atoms with Crippen molar-refractivity contribution in [1.82, 2.24) is 9.97 Å². The van der Waals surface area contributed by atoms with Crippen molar-refractivity contribution in [2.24, 2.45) is 0 Å². The first-order valence-electron chi connectivity index (χ1n) is 5.67. The largest absolute Gasteiger partial charge is 0.433 e. The molecule has 8 heteroatoms. The van der Waals surface area contributed by atoms with E-state index in [1.165, 1.54) is 11.9 Å². The number of anilines is 2. The number of benzene rings is 1. The van der Waals surface area contributed by atoms with E-state index in [-0.39, 0.29) is 5.82 Å². The molecule has 1 aromatic carbocycles. The molecule has 21 heavy (non-hydrogen) atoms. The zero-order valence-electron chi connectivity index (χ0n) is 10.7. The number of rotatable bonds is 2. The van der Waals surface area contributed by atoms with Crippen LogP contribution in [0.25, 0.3) is 0 Å². The summed E-state index contributed by atoms with van der Waals surface area (Å²) in [5.74, 6) is -0.0509. The van der Waals surface area contributed by atoms with Gasteiger partial charge in [-0.15, -0.1) is 0 Å². The lowest BCUT2D eigenvalue weighted by Crippen LogP contribution is -2.16. The first-order valence-corrected chi connectivity index (χ1v) is 6.05. The zero-order chi connectivity index (χ0) is 15.6.